The topological polar surface area (TPSA) is 45.8 Å². The smallest absolute Gasteiger partial charge is 0.175 e. The molecular weight excluding hydrogens is 489 g/mol. The third-order valence-corrected chi connectivity index (χ3v) is 6.23. The highest BCUT2D eigenvalue weighted by molar-refractivity contribution is 9.10. The van der Waals surface area contributed by atoms with E-state index < -0.39 is 0 Å². The van der Waals surface area contributed by atoms with E-state index >= 15 is 0 Å². The minimum absolute atomic E-state index is 0.263. The maximum atomic E-state index is 6.27. The van der Waals surface area contributed by atoms with Crippen LogP contribution in [0.5, 0.6) is 11.5 Å². The predicted octanol–water partition coefficient (Wildman–Crippen LogP) is 4.73. The Morgan fingerprint density at radius 2 is 1.87 bits per heavy atom. The van der Waals surface area contributed by atoms with E-state index in [0.717, 1.165) is 61.4 Å². The Morgan fingerprint density at radius 3 is 2.57 bits per heavy atom. The van der Waals surface area contributed by atoms with Crippen molar-refractivity contribution in [1.82, 2.24) is 15.5 Å². The summed E-state index contributed by atoms with van der Waals surface area (Å²) in [6.45, 7) is 9.92. The van der Waals surface area contributed by atoms with Crippen molar-refractivity contribution in [3.8, 4) is 11.5 Å². The van der Waals surface area contributed by atoms with Gasteiger partial charge in [0, 0.05) is 61.4 Å². The van der Waals surface area contributed by atoms with E-state index in [0.29, 0.717) is 28.2 Å². The number of nitrogens with zero attached hydrogens (tertiary/aromatic N) is 1. The second-order valence-corrected chi connectivity index (χ2v) is 8.76. The Morgan fingerprint density at radius 1 is 1.13 bits per heavy atom. The molecule has 0 saturated carbocycles. The van der Waals surface area contributed by atoms with Gasteiger partial charge in [-0.25, -0.2) is 0 Å². The van der Waals surface area contributed by atoms with Gasteiger partial charge >= 0.3 is 0 Å². The Kier molecular flexibility index (Phi) is 9.56. The molecule has 3 rings (SSSR count). The van der Waals surface area contributed by atoms with Crippen molar-refractivity contribution in [1.29, 1.82) is 0 Å². The molecular formula is C22H28BrCl2N3O2. The standard InChI is InChI=1S/C22H28BrCl2N3O2/c1-2-29-21-13-16(14-27-8-11-28-9-6-26-7-10-28)12-18(23)22(21)30-15-17-19(24)4-3-5-20(17)25/h3-5,12-13,26-27H,2,6-11,14-15H2,1H3. The molecule has 164 valence electrons. The van der Waals surface area contributed by atoms with Crippen LogP contribution in [0.1, 0.15) is 18.1 Å². The molecule has 1 aliphatic rings. The summed E-state index contributed by atoms with van der Waals surface area (Å²) in [5, 5.41) is 8.07. The molecule has 1 heterocycles. The normalized spacial score (nSPS) is 14.7. The lowest BCUT2D eigenvalue weighted by atomic mass is 10.2. The van der Waals surface area contributed by atoms with Crippen molar-refractivity contribution in [3.05, 3.63) is 56.0 Å². The first-order valence-electron chi connectivity index (χ1n) is 10.2. The fourth-order valence-electron chi connectivity index (χ4n) is 3.35. The first kappa shape index (κ1) is 23.6. The highest BCUT2D eigenvalue weighted by Crippen LogP contribution is 2.38. The molecule has 1 saturated heterocycles. The summed E-state index contributed by atoms with van der Waals surface area (Å²) in [6.07, 6.45) is 0. The minimum atomic E-state index is 0.263. The summed E-state index contributed by atoms with van der Waals surface area (Å²) < 4.78 is 12.7. The van der Waals surface area contributed by atoms with E-state index in [-0.39, 0.29) is 6.61 Å². The SMILES string of the molecule is CCOc1cc(CNCCN2CCNCC2)cc(Br)c1OCc1c(Cl)cccc1Cl. The fraction of sp³-hybridized carbons (Fsp3) is 0.455. The van der Waals surface area contributed by atoms with E-state index in [1.807, 2.05) is 19.1 Å². The molecule has 5 nitrogen and oxygen atoms in total. The molecule has 1 fully saturated rings. The monoisotopic (exact) mass is 515 g/mol. The molecule has 0 aliphatic carbocycles. The van der Waals surface area contributed by atoms with Gasteiger partial charge in [-0.1, -0.05) is 29.3 Å². The third-order valence-electron chi connectivity index (χ3n) is 4.94. The third kappa shape index (κ3) is 6.74. The van der Waals surface area contributed by atoms with Crippen LogP contribution in [0.4, 0.5) is 0 Å². The predicted molar refractivity (Wildman–Crippen MR) is 127 cm³/mol. The van der Waals surface area contributed by atoms with Gasteiger partial charge in [0.1, 0.15) is 6.61 Å². The Hall–Kier alpha value is -1.02. The Balaban J connectivity index is 1.61. The molecule has 0 atom stereocenters. The zero-order valence-corrected chi connectivity index (χ0v) is 20.2. The van der Waals surface area contributed by atoms with E-state index in [1.54, 1.807) is 12.1 Å². The molecule has 2 N–H and O–H groups in total. The van der Waals surface area contributed by atoms with Gasteiger partial charge < -0.3 is 20.1 Å². The van der Waals surface area contributed by atoms with Gasteiger partial charge in [0.2, 0.25) is 0 Å². The molecule has 0 unspecified atom stereocenters. The number of benzene rings is 2. The number of piperazine rings is 1. The molecule has 0 amide bonds. The number of rotatable bonds is 10. The molecule has 2 aromatic rings. The maximum absolute atomic E-state index is 6.27. The van der Waals surface area contributed by atoms with Crippen molar-refractivity contribution in [3.63, 3.8) is 0 Å². The minimum Gasteiger partial charge on any atom is -0.490 e. The molecule has 2 aromatic carbocycles. The van der Waals surface area contributed by atoms with Crippen LogP contribution in [0.15, 0.2) is 34.8 Å². The number of ether oxygens (including phenoxy) is 2. The van der Waals surface area contributed by atoms with Crippen LogP contribution < -0.4 is 20.1 Å². The molecule has 0 radical (unpaired) electrons. The fourth-order valence-corrected chi connectivity index (χ4v) is 4.46. The summed E-state index contributed by atoms with van der Waals surface area (Å²) in [6, 6.07) is 9.51. The lowest BCUT2D eigenvalue weighted by Crippen LogP contribution is -2.45. The lowest BCUT2D eigenvalue weighted by Gasteiger charge is -2.27. The van der Waals surface area contributed by atoms with Crippen LogP contribution in [0.3, 0.4) is 0 Å². The van der Waals surface area contributed by atoms with Crippen LogP contribution in [0.25, 0.3) is 0 Å². The number of hydrogen-bond acceptors (Lipinski definition) is 5. The van der Waals surface area contributed by atoms with Crippen molar-refractivity contribution in [2.45, 2.75) is 20.1 Å². The summed E-state index contributed by atoms with van der Waals surface area (Å²) >= 11 is 16.2. The highest BCUT2D eigenvalue weighted by atomic mass is 79.9. The largest absolute Gasteiger partial charge is 0.490 e. The maximum Gasteiger partial charge on any atom is 0.175 e. The van der Waals surface area contributed by atoms with Crippen molar-refractivity contribution < 1.29 is 9.47 Å². The average molecular weight is 517 g/mol. The Labute approximate surface area is 197 Å². The van der Waals surface area contributed by atoms with Crippen molar-refractivity contribution in [2.24, 2.45) is 0 Å². The molecule has 0 spiro atoms. The van der Waals surface area contributed by atoms with E-state index in [2.05, 4.69) is 37.5 Å². The first-order chi connectivity index (χ1) is 14.6. The van der Waals surface area contributed by atoms with E-state index in [9.17, 15) is 0 Å². The van der Waals surface area contributed by atoms with Crippen LogP contribution in [0.2, 0.25) is 10.0 Å². The van der Waals surface area contributed by atoms with Gasteiger partial charge in [0.05, 0.1) is 11.1 Å². The van der Waals surface area contributed by atoms with E-state index in [4.69, 9.17) is 32.7 Å². The number of halogens is 3. The van der Waals surface area contributed by atoms with Gasteiger partial charge in [0.15, 0.2) is 11.5 Å². The zero-order chi connectivity index (χ0) is 21.3. The van der Waals surface area contributed by atoms with Crippen LogP contribution in [-0.4, -0.2) is 50.8 Å². The summed E-state index contributed by atoms with van der Waals surface area (Å²) in [7, 11) is 0. The molecule has 8 heteroatoms. The van der Waals surface area contributed by atoms with Gasteiger partial charge in [-0.2, -0.15) is 0 Å². The van der Waals surface area contributed by atoms with Gasteiger partial charge in [-0.05, 0) is 52.7 Å². The van der Waals surface area contributed by atoms with Gasteiger partial charge in [-0.3, -0.25) is 4.90 Å². The van der Waals surface area contributed by atoms with Crippen molar-refractivity contribution >= 4 is 39.1 Å². The summed E-state index contributed by atoms with van der Waals surface area (Å²) in [5.41, 5.74) is 1.89. The molecule has 0 bridgehead atoms. The lowest BCUT2D eigenvalue weighted by molar-refractivity contribution is 0.241. The van der Waals surface area contributed by atoms with Crippen LogP contribution in [-0.2, 0) is 13.2 Å². The van der Waals surface area contributed by atoms with Gasteiger partial charge in [-0.15, -0.1) is 0 Å². The molecule has 0 aromatic heterocycles. The summed E-state index contributed by atoms with van der Waals surface area (Å²) in [4.78, 5) is 2.47. The second-order valence-electron chi connectivity index (χ2n) is 7.10. The zero-order valence-electron chi connectivity index (χ0n) is 17.1. The van der Waals surface area contributed by atoms with E-state index in [1.165, 1.54) is 0 Å². The number of nitrogens with one attached hydrogen (secondary N) is 2. The Bertz CT molecular complexity index is 812. The number of hydrogen-bond donors (Lipinski definition) is 2. The first-order valence-corrected chi connectivity index (χ1v) is 11.8. The van der Waals surface area contributed by atoms with Crippen LogP contribution >= 0.6 is 39.1 Å². The van der Waals surface area contributed by atoms with Crippen molar-refractivity contribution in [2.75, 3.05) is 45.9 Å². The highest BCUT2D eigenvalue weighted by Gasteiger charge is 2.15. The van der Waals surface area contributed by atoms with Crippen LogP contribution in [0, 0.1) is 0 Å². The summed E-state index contributed by atoms with van der Waals surface area (Å²) in [5.74, 6) is 1.35. The average Bonchev–Trinajstić information content (AvgIpc) is 2.73. The molecule has 1 aliphatic heterocycles. The van der Waals surface area contributed by atoms with Gasteiger partial charge in [0.25, 0.3) is 0 Å². The quantitative estimate of drug-likeness (QED) is 0.447. The second kappa shape index (κ2) is 12.1. The molecule has 30 heavy (non-hydrogen) atoms.